The second-order valence-electron chi connectivity index (χ2n) is 13.8. The predicted molar refractivity (Wildman–Crippen MR) is 182 cm³/mol. The number of halogens is 1. The fourth-order valence-corrected chi connectivity index (χ4v) is 5.94. The van der Waals surface area contributed by atoms with Gasteiger partial charge >= 0.3 is 5.97 Å². The van der Waals surface area contributed by atoms with Gasteiger partial charge in [-0.25, -0.2) is 0 Å². The maximum atomic E-state index is 14.3. The van der Waals surface area contributed by atoms with Gasteiger partial charge in [0.2, 0.25) is 5.91 Å². The van der Waals surface area contributed by atoms with Crippen molar-refractivity contribution in [3.63, 3.8) is 0 Å². The molecule has 2 amide bonds. The third kappa shape index (κ3) is 7.97. The van der Waals surface area contributed by atoms with E-state index in [1.54, 1.807) is 23.1 Å². The van der Waals surface area contributed by atoms with E-state index in [0.717, 1.165) is 27.8 Å². The van der Waals surface area contributed by atoms with Crippen LogP contribution in [0.2, 0.25) is 5.02 Å². The van der Waals surface area contributed by atoms with Gasteiger partial charge < -0.3 is 25.2 Å². The monoisotopic (exact) mass is 648 g/mol. The first-order valence-corrected chi connectivity index (χ1v) is 16.0. The summed E-state index contributed by atoms with van der Waals surface area (Å²) < 4.78 is 6.65. The van der Waals surface area contributed by atoms with Crippen molar-refractivity contribution in [2.45, 2.75) is 85.4 Å². The highest BCUT2D eigenvalue weighted by Crippen LogP contribution is 2.42. The average molecular weight is 649 g/mol. The maximum absolute atomic E-state index is 14.3. The first-order valence-electron chi connectivity index (χ1n) is 15.6. The summed E-state index contributed by atoms with van der Waals surface area (Å²) in [6.07, 6.45) is -1.60. The average Bonchev–Trinajstić information content (AvgIpc) is 3.09. The summed E-state index contributed by atoms with van der Waals surface area (Å²) in [5, 5.41) is 22.8. The summed E-state index contributed by atoms with van der Waals surface area (Å²) in [5.41, 5.74) is 5.53. The number of carbonyl (C=O) groups excluding carboxylic acids is 2. The zero-order chi connectivity index (χ0) is 34.0. The van der Waals surface area contributed by atoms with Crippen LogP contribution in [0.15, 0.2) is 54.6 Å². The molecule has 0 fully saturated rings. The van der Waals surface area contributed by atoms with Crippen LogP contribution in [-0.2, 0) is 24.5 Å². The van der Waals surface area contributed by atoms with Gasteiger partial charge in [-0.3, -0.25) is 14.4 Å². The Kier molecular flexibility index (Phi) is 10.7. The van der Waals surface area contributed by atoms with Gasteiger partial charge in [-0.1, -0.05) is 69.6 Å². The van der Waals surface area contributed by atoms with E-state index in [1.165, 1.54) is 0 Å². The Morgan fingerprint density at radius 3 is 2.37 bits per heavy atom. The second kappa shape index (κ2) is 14.0. The van der Waals surface area contributed by atoms with E-state index in [0.29, 0.717) is 28.4 Å². The summed E-state index contributed by atoms with van der Waals surface area (Å²) in [5.74, 6) is -1.64. The molecule has 46 heavy (non-hydrogen) atoms. The van der Waals surface area contributed by atoms with E-state index < -0.39 is 34.9 Å². The lowest BCUT2D eigenvalue weighted by atomic mass is 9.80. The lowest BCUT2D eigenvalue weighted by Gasteiger charge is -2.32. The number of aliphatic hydroxyl groups excluding tert-OH is 1. The molecule has 0 aromatic heterocycles. The number of carbonyl (C=O) groups is 3. The summed E-state index contributed by atoms with van der Waals surface area (Å²) in [4.78, 5) is 40.9. The van der Waals surface area contributed by atoms with Gasteiger partial charge in [-0.05, 0) is 84.7 Å². The molecule has 2 atom stereocenters. The van der Waals surface area contributed by atoms with E-state index in [1.807, 2.05) is 84.9 Å². The van der Waals surface area contributed by atoms with E-state index in [9.17, 15) is 24.6 Å². The highest BCUT2D eigenvalue weighted by molar-refractivity contribution is 6.30. The molecule has 0 bridgehead atoms. The van der Waals surface area contributed by atoms with Crippen molar-refractivity contribution in [2.75, 3.05) is 23.4 Å². The predicted octanol–water partition coefficient (Wildman–Crippen LogP) is 7.28. The Hall–Kier alpha value is -3.72. The molecule has 1 aliphatic heterocycles. The molecule has 1 heterocycles. The quantitative estimate of drug-likeness (QED) is 0.201. The van der Waals surface area contributed by atoms with Crippen LogP contribution in [0.3, 0.4) is 0 Å². The van der Waals surface area contributed by atoms with Crippen LogP contribution in [0.25, 0.3) is 0 Å². The normalized spacial score (nSPS) is 17.0. The van der Waals surface area contributed by atoms with E-state index in [4.69, 9.17) is 16.3 Å². The minimum atomic E-state index is -1.14. The number of nitrogens with zero attached hydrogens (tertiary/aromatic N) is 1. The van der Waals surface area contributed by atoms with E-state index in [-0.39, 0.29) is 31.9 Å². The molecule has 4 rings (SSSR count). The zero-order valence-corrected chi connectivity index (χ0v) is 28.5. The number of rotatable bonds is 11. The Morgan fingerprint density at radius 1 is 0.978 bits per heavy atom. The molecule has 3 aromatic rings. The number of carboxylic acids is 1. The number of ether oxygens (including phenoxy) is 1. The molecule has 9 heteroatoms. The maximum Gasteiger partial charge on any atom is 0.303 e. The molecule has 1 aliphatic rings. The fourth-order valence-electron chi connectivity index (χ4n) is 5.76. The van der Waals surface area contributed by atoms with Crippen molar-refractivity contribution < 1.29 is 29.3 Å². The number of aliphatic hydroxyl groups is 1. The van der Waals surface area contributed by atoms with Crippen molar-refractivity contribution in [3.8, 4) is 0 Å². The second-order valence-corrected chi connectivity index (χ2v) is 14.2. The minimum Gasteiger partial charge on any atom is -0.481 e. The van der Waals surface area contributed by atoms with Crippen LogP contribution in [0.4, 0.5) is 11.4 Å². The smallest absolute Gasteiger partial charge is 0.303 e. The number of fused-ring (bicyclic) bond motifs is 1. The molecule has 0 aliphatic carbocycles. The zero-order valence-electron chi connectivity index (χ0n) is 27.7. The number of amides is 2. The largest absolute Gasteiger partial charge is 0.481 e. The van der Waals surface area contributed by atoms with Gasteiger partial charge in [0, 0.05) is 46.9 Å². The third-order valence-corrected chi connectivity index (χ3v) is 9.21. The van der Waals surface area contributed by atoms with Crippen molar-refractivity contribution in [2.24, 2.45) is 5.41 Å². The molecular formula is C37H45ClN2O6. The molecule has 3 aromatic carbocycles. The molecule has 8 nitrogen and oxygen atoms in total. The number of anilines is 2. The number of aliphatic carboxylic acids is 1. The lowest BCUT2D eigenvalue weighted by Crippen LogP contribution is -2.46. The van der Waals surface area contributed by atoms with Gasteiger partial charge in [-0.15, -0.1) is 0 Å². The van der Waals surface area contributed by atoms with Gasteiger partial charge in [0.15, 0.2) is 0 Å². The topological polar surface area (TPSA) is 116 Å². The van der Waals surface area contributed by atoms with E-state index in [2.05, 4.69) is 5.32 Å². The molecule has 0 saturated carbocycles. The Morgan fingerprint density at radius 2 is 1.70 bits per heavy atom. The van der Waals surface area contributed by atoms with Crippen LogP contribution in [0.1, 0.15) is 86.4 Å². The minimum absolute atomic E-state index is 0.0302. The number of aryl methyl sites for hydroxylation is 2. The molecule has 246 valence electrons. The van der Waals surface area contributed by atoms with Gasteiger partial charge in [0.1, 0.15) is 12.2 Å². The van der Waals surface area contributed by atoms with Crippen LogP contribution in [-0.4, -0.2) is 47.3 Å². The molecule has 0 spiro atoms. The highest BCUT2D eigenvalue weighted by atomic mass is 35.5. The van der Waals surface area contributed by atoms with Gasteiger partial charge in [-0.2, -0.15) is 0 Å². The van der Waals surface area contributed by atoms with Crippen molar-refractivity contribution in [3.05, 3.63) is 93.0 Å². The summed E-state index contributed by atoms with van der Waals surface area (Å²) in [6.45, 7) is 13.7. The van der Waals surface area contributed by atoms with Gasteiger partial charge in [0.25, 0.3) is 5.91 Å². The van der Waals surface area contributed by atoms with Crippen LogP contribution >= 0.6 is 11.6 Å². The van der Waals surface area contributed by atoms with Crippen LogP contribution < -0.4 is 10.2 Å². The van der Waals surface area contributed by atoms with Crippen molar-refractivity contribution in [1.29, 1.82) is 0 Å². The molecule has 0 unspecified atom stereocenters. The number of nitrogens with one attached hydrogen (secondary N) is 1. The molecular weight excluding hydrogens is 604 g/mol. The summed E-state index contributed by atoms with van der Waals surface area (Å²) in [7, 11) is 0. The molecule has 3 N–H and O–H groups in total. The lowest BCUT2D eigenvalue weighted by molar-refractivity contribution is -0.137. The Labute approximate surface area is 276 Å². The van der Waals surface area contributed by atoms with Crippen molar-refractivity contribution in [1.82, 2.24) is 0 Å². The number of benzene rings is 3. The summed E-state index contributed by atoms with van der Waals surface area (Å²) >= 11 is 6.51. The number of hydrogen-bond acceptors (Lipinski definition) is 5. The highest BCUT2D eigenvalue weighted by Gasteiger charge is 2.40. The third-order valence-electron chi connectivity index (χ3n) is 8.98. The first-order chi connectivity index (χ1) is 21.5. The van der Waals surface area contributed by atoms with Crippen molar-refractivity contribution >= 4 is 40.8 Å². The summed E-state index contributed by atoms with van der Waals surface area (Å²) in [6, 6.07) is 17.0. The van der Waals surface area contributed by atoms with Crippen LogP contribution in [0, 0.1) is 26.2 Å². The number of carboxylic acid groups (broad SMARTS) is 1. The first kappa shape index (κ1) is 35.1. The molecule has 0 radical (unpaired) electrons. The van der Waals surface area contributed by atoms with Crippen LogP contribution in [0.5, 0.6) is 0 Å². The van der Waals surface area contributed by atoms with E-state index >= 15 is 0 Å². The fraction of sp³-hybridized carbons (Fsp3) is 0.432. The van der Waals surface area contributed by atoms with Gasteiger partial charge in [0.05, 0.1) is 6.42 Å². The SMILES string of the molecule is Cc1ccc(C(C)(C)CCC(=O)O)cc1NC(=O)C[C@H]1O[C@H](c2cccc(C)c2C)c2cc(Cl)ccc2N(CC(C)(C)CO)C1=O. The Bertz CT molecular complexity index is 1630. The Balaban J connectivity index is 1.72. The molecule has 0 saturated heterocycles. The standard InChI is InChI=1S/C37H45ClN2O6/c1-22-9-8-10-27(24(22)3)34-28-18-26(38)13-14-30(28)40(20-36(4,5)21-41)35(45)31(46-34)19-32(42)39-29-17-25(12-11-23(29)2)37(6,7)16-15-33(43)44/h8-14,17-18,31,34,41H,15-16,19-21H2,1-7H3,(H,39,42)(H,43,44)/t31-,34-/m1/s1. The number of hydrogen-bond donors (Lipinski definition) is 3.